The third-order valence-electron chi connectivity index (χ3n) is 2.60. The summed E-state index contributed by atoms with van der Waals surface area (Å²) in [6, 6.07) is 0. The first kappa shape index (κ1) is 14.1. The lowest BCUT2D eigenvalue weighted by molar-refractivity contribution is 0.0518. The number of carbonyl (C=O) groups excluding carboxylic acids is 1. The molecule has 0 bridgehead atoms. The van der Waals surface area contributed by atoms with E-state index in [2.05, 4.69) is 20.5 Å². The molecule has 20 heavy (non-hydrogen) atoms. The largest absolute Gasteiger partial charge is 0.461 e. The van der Waals surface area contributed by atoms with Crippen molar-refractivity contribution in [2.24, 2.45) is 5.73 Å². The molecule has 0 radical (unpaired) electrons. The molecule has 0 fully saturated rings. The first-order valence-corrected chi connectivity index (χ1v) is 6.30. The van der Waals surface area contributed by atoms with Crippen molar-refractivity contribution < 1.29 is 14.1 Å². The smallest absolute Gasteiger partial charge is 0.360 e. The number of hydrogen-bond acceptors (Lipinski definition) is 8. The number of aromatic nitrogens is 5. The van der Waals surface area contributed by atoms with Crippen molar-refractivity contribution in [1.29, 1.82) is 0 Å². The van der Waals surface area contributed by atoms with Crippen molar-refractivity contribution in [3.05, 3.63) is 23.1 Å². The summed E-state index contributed by atoms with van der Waals surface area (Å²) in [4.78, 5) is 15.9. The predicted octanol–water partition coefficient (Wildman–Crippen LogP) is -0.0928. The highest BCUT2D eigenvalue weighted by Gasteiger charge is 2.20. The van der Waals surface area contributed by atoms with Gasteiger partial charge in [-0.3, -0.25) is 0 Å². The lowest BCUT2D eigenvalue weighted by Crippen LogP contribution is -2.15. The zero-order valence-corrected chi connectivity index (χ0v) is 11.4. The SMILES string of the molecule is CCOC(=O)c1nnn(Cc2noc(CC)n2)c1CN. The molecule has 2 heterocycles. The van der Waals surface area contributed by atoms with Crippen molar-refractivity contribution in [3.8, 4) is 0 Å². The van der Waals surface area contributed by atoms with Crippen molar-refractivity contribution in [3.63, 3.8) is 0 Å². The van der Waals surface area contributed by atoms with Gasteiger partial charge in [0, 0.05) is 13.0 Å². The summed E-state index contributed by atoms with van der Waals surface area (Å²) in [5.41, 5.74) is 6.24. The Bertz CT molecular complexity index is 591. The molecule has 0 saturated heterocycles. The van der Waals surface area contributed by atoms with E-state index in [0.29, 0.717) is 23.8 Å². The van der Waals surface area contributed by atoms with Crippen molar-refractivity contribution in [1.82, 2.24) is 25.1 Å². The van der Waals surface area contributed by atoms with Crippen LogP contribution < -0.4 is 5.73 Å². The van der Waals surface area contributed by atoms with Gasteiger partial charge in [-0.05, 0) is 6.92 Å². The Morgan fingerprint density at radius 3 is 2.85 bits per heavy atom. The van der Waals surface area contributed by atoms with Gasteiger partial charge in [0.05, 0.1) is 12.3 Å². The molecule has 2 N–H and O–H groups in total. The molecule has 2 rings (SSSR count). The molecule has 0 aliphatic heterocycles. The molecule has 9 heteroatoms. The maximum absolute atomic E-state index is 11.7. The van der Waals surface area contributed by atoms with Gasteiger partial charge in [0.15, 0.2) is 11.5 Å². The van der Waals surface area contributed by atoms with Gasteiger partial charge in [-0.1, -0.05) is 17.3 Å². The van der Waals surface area contributed by atoms with Crippen LogP contribution in [0.4, 0.5) is 0 Å². The minimum atomic E-state index is -0.540. The highest BCUT2D eigenvalue weighted by molar-refractivity contribution is 5.88. The second-order valence-electron chi connectivity index (χ2n) is 3.92. The molecule has 0 spiro atoms. The van der Waals surface area contributed by atoms with Crippen molar-refractivity contribution in [2.45, 2.75) is 33.4 Å². The number of nitrogens with zero attached hydrogens (tertiary/aromatic N) is 5. The van der Waals surface area contributed by atoms with E-state index in [1.165, 1.54) is 4.68 Å². The summed E-state index contributed by atoms with van der Waals surface area (Å²) in [5.74, 6) is 0.457. The monoisotopic (exact) mass is 280 g/mol. The van der Waals surface area contributed by atoms with Crippen LogP contribution in [0.2, 0.25) is 0 Å². The molecule has 0 saturated carbocycles. The molecule has 108 valence electrons. The van der Waals surface area contributed by atoms with Gasteiger partial charge in [0.2, 0.25) is 5.89 Å². The Morgan fingerprint density at radius 1 is 1.45 bits per heavy atom. The second kappa shape index (κ2) is 6.24. The van der Waals surface area contributed by atoms with Gasteiger partial charge in [0.25, 0.3) is 0 Å². The Balaban J connectivity index is 2.21. The molecule has 0 aromatic carbocycles. The van der Waals surface area contributed by atoms with Crippen LogP contribution in [0.25, 0.3) is 0 Å². The Morgan fingerprint density at radius 2 is 2.25 bits per heavy atom. The molecular formula is C11H16N6O3. The van der Waals surface area contributed by atoms with E-state index < -0.39 is 5.97 Å². The van der Waals surface area contributed by atoms with E-state index in [9.17, 15) is 4.79 Å². The van der Waals surface area contributed by atoms with Crippen LogP contribution in [0, 0.1) is 0 Å². The number of ether oxygens (including phenoxy) is 1. The Labute approximate surface area is 115 Å². The van der Waals surface area contributed by atoms with E-state index in [1.54, 1.807) is 6.92 Å². The van der Waals surface area contributed by atoms with Crippen LogP contribution in [0.5, 0.6) is 0 Å². The lowest BCUT2D eigenvalue weighted by atomic mass is 10.3. The van der Waals surface area contributed by atoms with E-state index >= 15 is 0 Å². The van der Waals surface area contributed by atoms with Gasteiger partial charge in [-0.15, -0.1) is 5.10 Å². The minimum absolute atomic E-state index is 0.111. The van der Waals surface area contributed by atoms with Crippen LogP contribution in [0.1, 0.15) is 41.7 Å². The number of nitrogens with two attached hydrogens (primary N) is 1. The summed E-state index contributed by atoms with van der Waals surface area (Å²) in [7, 11) is 0. The standard InChI is InChI=1S/C11H16N6O3/c1-3-9-13-8(15-20-9)6-17-7(5-12)10(14-16-17)11(18)19-4-2/h3-6,12H2,1-2H3. The lowest BCUT2D eigenvalue weighted by Gasteiger charge is -2.03. The van der Waals surface area contributed by atoms with Gasteiger partial charge >= 0.3 is 5.97 Å². The maximum Gasteiger partial charge on any atom is 0.360 e. The molecule has 0 unspecified atom stereocenters. The summed E-state index contributed by atoms with van der Waals surface area (Å²) in [5, 5.41) is 11.5. The van der Waals surface area contributed by atoms with Crippen molar-refractivity contribution >= 4 is 5.97 Å². The number of rotatable bonds is 6. The molecule has 0 aliphatic rings. The van der Waals surface area contributed by atoms with Crippen LogP contribution in [0.15, 0.2) is 4.52 Å². The Kier molecular flexibility index (Phi) is 4.41. The van der Waals surface area contributed by atoms with Gasteiger partial charge in [0.1, 0.15) is 6.54 Å². The molecular weight excluding hydrogens is 264 g/mol. The highest BCUT2D eigenvalue weighted by Crippen LogP contribution is 2.09. The van der Waals surface area contributed by atoms with E-state index in [4.69, 9.17) is 15.0 Å². The van der Waals surface area contributed by atoms with Crippen LogP contribution in [0.3, 0.4) is 0 Å². The zero-order chi connectivity index (χ0) is 14.5. The molecule has 2 aromatic rings. The predicted molar refractivity (Wildman–Crippen MR) is 66.6 cm³/mol. The molecule has 9 nitrogen and oxygen atoms in total. The average molecular weight is 280 g/mol. The summed E-state index contributed by atoms with van der Waals surface area (Å²) >= 11 is 0. The maximum atomic E-state index is 11.7. The topological polar surface area (TPSA) is 122 Å². The van der Waals surface area contributed by atoms with Crippen LogP contribution in [-0.4, -0.2) is 37.7 Å². The van der Waals surface area contributed by atoms with E-state index in [-0.39, 0.29) is 25.4 Å². The fourth-order valence-electron chi connectivity index (χ4n) is 1.65. The zero-order valence-electron chi connectivity index (χ0n) is 11.4. The molecule has 0 aliphatic carbocycles. The normalized spacial score (nSPS) is 10.8. The van der Waals surface area contributed by atoms with Gasteiger partial charge < -0.3 is 15.0 Å². The Hall–Kier alpha value is -2.29. The number of esters is 1. The first-order chi connectivity index (χ1) is 9.69. The third kappa shape index (κ3) is 2.82. The minimum Gasteiger partial charge on any atom is -0.461 e. The van der Waals surface area contributed by atoms with Crippen LogP contribution in [-0.2, 0) is 24.2 Å². The van der Waals surface area contributed by atoms with E-state index in [1.807, 2.05) is 6.92 Å². The quantitative estimate of drug-likeness (QED) is 0.728. The van der Waals surface area contributed by atoms with Crippen molar-refractivity contribution in [2.75, 3.05) is 6.61 Å². The van der Waals surface area contributed by atoms with Gasteiger partial charge in [-0.25, -0.2) is 9.48 Å². The molecule has 0 atom stereocenters. The van der Waals surface area contributed by atoms with E-state index in [0.717, 1.165) is 0 Å². The third-order valence-corrected chi connectivity index (χ3v) is 2.60. The fraction of sp³-hybridized carbons (Fsp3) is 0.545. The average Bonchev–Trinajstić information content (AvgIpc) is 3.05. The second-order valence-corrected chi connectivity index (χ2v) is 3.92. The summed E-state index contributed by atoms with van der Waals surface area (Å²) < 4.78 is 11.4. The van der Waals surface area contributed by atoms with Gasteiger partial charge in [-0.2, -0.15) is 4.98 Å². The number of carbonyl (C=O) groups is 1. The molecule has 2 aromatic heterocycles. The van der Waals surface area contributed by atoms with Crippen LogP contribution >= 0.6 is 0 Å². The molecule has 0 amide bonds. The first-order valence-electron chi connectivity index (χ1n) is 6.30. The number of aryl methyl sites for hydroxylation is 1. The highest BCUT2D eigenvalue weighted by atomic mass is 16.5. The summed E-state index contributed by atoms with van der Waals surface area (Å²) in [6.07, 6.45) is 0.655. The number of hydrogen-bond donors (Lipinski definition) is 1. The fourth-order valence-corrected chi connectivity index (χ4v) is 1.65. The summed E-state index contributed by atoms with van der Waals surface area (Å²) in [6.45, 7) is 4.25.